The van der Waals surface area contributed by atoms with Crippen LogP contribution in [0.1, 0.15) is 18.5 Å². The molecule has 1 rings (SSSR count). The van der Waals surface area contributed by atoms with Crippen molar-refractivity contribution in [3.63, 3.8) is 0 Å². The summed E-state index contributed by atoms with van der Waals surface area (Å²) < 4.78 is 18.3. The quantitative estimate of drug-likeness (QED) is 0.794. The number of ether oxygens (including phenoxy) is 1. The summed E-state index contributed by atoms with van der Waals surface area (Å²) in [6.45, 7) is 1.91. The molecule has 0 saturated heterocycles. The second-order valence-electron chi connectivity index (χ2n) is 3.34. The third-order valence-corrected chi connectivity index (χ3v) is 2.57. The Labute approximate surface area is 100.0 Å². The molecule has 0 radical (unpaired) electrons. The minimum Gasteiger partial charge on any atom is -0.494 e. The van der Waals surface area contributed by atoms with Gasteiger partial charge in [-0.05, 0) is 36.8 Å². The van der Waals surface area contributed by atoms with Gasteiger partial charge in [-0.15, -0.1) is 0 Å². The summed E-state index contributed by atoms with van der Waals surface area (Å²) in [5, 5.41) is 6.36. The number of hydrogen-bond acceptors (Lipinski definition) is 2. The molecule has 0 amide bonds. The van der Waals surface area contributed by atoms with Crippen LogP contribution in [-0.2, 0) is 0 Å². The van der Waals surface area contributed by atoms with Gasteiger partial charge >= 0.3 is 0 Å². The van der Waals surface area contributed by atoms with Crippen molar-refractivity contribution in [3.05, 3.63) is 29.6 Å². The van der Waals surface area contributed by atoms with Crippen LogP contribution in [0.4, 0.5) is 4.39 Å². The molecule has 1 atom stereocenters. The van der Waals surface area contributed by atoms with Crippen LogP contribution in [0, 0.1) is 5.82 Å². The molecule has 0 fully saturated rings. The maximum Gasteiger partial charge on any atom is 0.166 e. The fourth-order valence-corrected chi connectivity index (χ4v) is 1.48. The van der Waals surface area contributed by atoms with Crippen molar-refractivity contribution in [2.75, 3.05) is 14.2 Å². The summed E-state index contributed by atoms with van der Waals surface area (Å²) in [5.41, 5.74) is 0.816. The van der Waals surface area contributed by atoms with E-state index in [-0.39, 0.29) is 17.6 Å². The average molecular weight is 242 g/mol. The first-order valence-corrected chi connectivity index (χ1v) is 5.31. The maximum atomic E-state index is 13.4. The largest absolute Gasteiger partial charge is 0.494 e. The zero-order chi connectivity index (χ0) is 12.1. The van der Waals surface area contributed by atoms with E-state index in [1.807, 2.05) is 6.92 Å². The van der Waals surface area contributed by atoms with E-state index in [2.05, 4.69) is 10.6 Å². The highest BCUT2D eigenvalue weighted by atomic mass is 32.1. The molecular weight excluding hydrogens is 227 g/mol. The molecule has 3 nitrogen and oxygen atoms in total. The van der Waals surface area contributed by atoms with Crippen molar-refractivity contribution >= 4 is 17.3 Å². The summed E-state index contributed by atoms with van der Waals surface area (Å²) in [6, 6.07) is 4.79. The number of nitrogens with one attached hydrogen (secondary N) is 2. The van der Waals surface area contributed by atoms with E-state index >= 15 is 0 Å². The van der Waals surface area contributed by atoms with Gasteiger partial charge in [0, 0.05) is 7.05 Å². The molecule has 0 aromatic heterocycles. The first kappa shape index (κ1) is 12.7. The Balaban J connectivity index is 2.80. The van der Waals surface area contributed by atoms with Crippen LogP contribution in [0.15, 0.2) is 18.2 Å². The van der Waals surface area contributed by atoms with Crippen molar-refractivity contribution in [3.8, 4) is 5.75 Å². The van der Waals surface area contributed by atoms with Gasteiger partial charge in [-0.3, -0.25) is 0 Å². The topological polar surface area (TPSA) is 33.3 Å². The van der Waals surface area contributed by atoms with Crippen LogP contribution < -0.4 is 15.4 Å². The molecule has 1 aromatic rings. The molecule has 0 spiro atoms. The number of thiocarbonyl (C=S) groups is 1. The number of benzene rings is 1. The van der Waals surface area contributed by atoms with Gasteiger partial charge in [-0.2, -0.15) is 0 Å². The highest BCUT2D eigenvalue weighted by Crippen LogP contribution is 2.21. The molecule has 1 aromatic carbocycles. The van der Waals surface area contributed by atoms with Crippen molar-refractivity contribution < 1.29 is 9.13 Å². The fraction of sp³-hybridized carbons (Fsp3) is 0.364. The average Bonchev–Trinajstić information content (AvgIpc) is 2.28. The second kappa shape index (κ2) is 5.65. The smallest absolute Gasteiger partial charge is 0.166 e. The van der Waals surface area contributed by atoms with E-state index in [1.54, 1.807) is 19.2 Å². The van der Waals surface area contributed by atoms with E-state index in [1.165, 1.54) is 13.2 Å². The maximum absolute atomic E-state index is 13.4. The van der Waals surface area contributed by atoms with Crippen LogP contribution in [0.5, 0.6) is 5.75 Å². The molecular formula is C11H15FN2OS. The van der Waals surface area contributed by atoms with Crippen LogP contribution in [0.25, 0.3) is 0 Å². The molecule has 0 saturated carbocycles. The highest BCUT2D eigenvalue weighted by Gasteiger charge is 2.09. The molecule has 5 heteroatoms. The Kier molecular flexibility index (Phi) is 4.49. The lowest BCUT2D eigenvalue weighted by molar-refractivity contribution is 0.386. The Morgan fingerprint density at radius 2 is 2.19 bits per heavy atom. The van der Waals surface area contributed by atoms with Gasteiger partial charge in [-0.25, -0.2) is 4.39 Å². The van der Waals surface area contributed by atoms with Gasteiger partial charge in [0.15, 0.2) is 16.7 Å². The summed E-state index contributed by atoms with van der Waals surface area (Å²) in [6.07, 6.45) is 0. The standard InChI is InChI=1S/C11H15FN2OS/c1-7(14-11(16)13-2)8-4-5-10(15-3)9(12)6-8/h4-7H,1-3H3,(H2,13,14,16)/t7-/m1/s1. The van der Waals surface area contributed by atoms with E-state index in [4.69, 9.17) is 17.0 Å². The Morgan fingerprint density at radius 3 is 2.69 bits per heavy atom. The fourth-order valence-electron chi connectivity index (χ4n) is 1.30. The van der Waals surface area contributed by atoms with Gasteiger partial charge in [0.1, 0.15) is 0 Å². The second-order valence-corrected chi connectivity index (χ2v) is 3.75. The van der Waals surface area contributed by atoms with E-state index in [0.29, 0.717) is 5.11 Å². The van der Waals surface area contributed by atoms with Gasteiger partial charge < -0.3 is 15.4 Å². The summed E-state index contributed by atoms with van der Waals surface area (Å²) in [5.74, 6) is -0.129. The lowest BCUT2D eigenvalue weighted by Gasteiger charge is -2.16. The predicted octanol–water partition coefficient (Wildman–Crippen LogP) is 1.99. The number of rotatable bonds is 3. The van der Waals surface area contributed by atoms with Gasteiger partial charge in [-0.1, -0.05) is 6.07 Å². The highest BCUT2D eigenvalue weighted by molar-refractivity contribution is 7.80. The van der Waals surface area contributed by atoms with Crippen LogP contribution in [0.2, 0.25) is 0 Å². The number of methoxy groups -OCH3 is 1. The zero-order valence-electron chi connectivity index (χ0n) is 9.50. The van der Waals surface area contributed by atoms with Crippen LogP contribution in [0.3, 0.4) is 0 Å². The van der Waals surface area contributed by atoms with Crippen LogP contribution in [-0.4, -0.2) is 19.3 Å². The molecule has 0 aliphatic rings. The lowest BCUT2D eigenvalue weighted by atomic mass is 10.1. The Hall–Kier alpha value is -1.36. The Bertz CT molecular complexity index is 384. The third-order valence-electron chi connectivity index (χ3n) is 2.25. The lowest BCUT2D eigenvalue weighted by Crippen LogP contribution is -2.34. The molecule has 2 N–H and O–H groups in total. The minimum atomic E-state index is -0.371. The molecule has 16 heavy (non-hydrogen) atoms. The molecule has 0 aliphatic carbocycles. The predicted molar refractivity (Wildman–Crippen MR) is 66.2 cm³/mol. The molecule has 88 valence electrons. The summed E-state index contributed by atoms with van der Waals surface area (Å²) >= 11 is 4.97. The third kappa shape index (κ3) is 3.06. The molecule has 0 aliphatic heterocycles. The van der Waals surface area contributed by atoms with E-state index < -0.39 is 0 Å². The van der Waals surface area contributed by atoms with E-state index in [9.17, 15) is 4.39 Å². The van der Waals surface area contributed by atoms with Gasteiger partial charge in [0.2, 0.25) is 0 Å². The number of halogens is 1. The van der Waals surface area contributed by atoms with Crippen LogP contribution >= 0.6 is 12.2 Å². The van der Waals surface area contributed by atoms with Gasteiger partial charge in [0.05, 0.1) is 13.2 Å². The minimum absolute atomic E-state index is 0.0552. The van der Waals surface area contributed by atoms with Crippen molar-refractivity contribution in [1.82, 2.24) is 10.6 Å². The number of hydrogen-bond donors (Lipinski definition) is 2. The van der Waals surface area contributed by atoms with Gasteiger partial charge in [0.25, 0.3) is 0 Å². The molecule has 0 bridgehead atoms. The normalized spacial score (nSPS) is 11.8. The molecule has 0 heterocycles. The van der Waals surface area contributed by atoms with Crippen molar-refractivity contribution in [2.24, 2.45) is 0 Å². The molecule has 0 unspecified atom stereocenters. The zero-order valence-corrected chi connectivity index (χ0v) is 10.3. The summed E-state index contributed by atoms with van der Waals surface area (Å²) in [4.78, 5) is 0. The first-order chi connectivity index (χ1) is 7.58. The first-order valence-electron chi connectivity index (χ1n) is 4.90. The van der Waals surface area contributed by atoms with Crippen molar-refractivity contribution in [1.29, 1.82) is 0 Å². The van der Waals surface area contributed by atoms with Crippen molar-refractivity contribution in [2.45, 2.75) is 13.0 Å². The SMILES string of the molecule is CNC(=S)N[C@H](C)c1ccc(OC)c(F)c1. The Morgan fingerprint density at radius 1 is 1.50 bits per heavy atom. The van der Waals surface area contributed by atoms with E-state index in [0.717, 1.165) is 5.56 Å². The summed E-state index contributed by atoms with van der Waals surface area (Å²) in [7, 11) is 3.17. The monoisotopic (exact) mass is 242 g/mol.